The van der Waals surface area contributed by atoms with Gasteiger partial charge in [-0.25, -0.2) is 0 Å². The van der Waals surface area contributed by atoms with Crippen LogP contribution < -0.4 is 0 Å². The molecule has 2 aromatic carbocycles. The molecule has 2 rings (SSSR count). The zero-order valence-electron chi connectivity index (χ0n) is 11.5. The summed E-state index contributed by atoms with van der Waals surface area (Å²) in [7, 11) is 0. The summed E-state index contributed by atoms with van der Waals surface area (Å²) in [4.78, 5) is 14.7. The summed E-state index contributed by atoms with van der Waals surface area (Å²) in [6.45, 7) is 0. The molecule has 104 valence electrons. The highest BCUT2D eigenvalue weighted by Crippen LogP contribution is 2.15. The van der Waals surface area contributed by atoms with Crippen molar-refractivity contribution in [2.45, 2.75) is 12.8 Å². The second-order valence-corrected chi connectivity index (χ2v) is 4.51. The van der Waals surface area contributed by atoms with E-state index in [-0.39, 0.29) is 5.78 Å². The van der Waals surface area contributed by atoms with Crippen LogP contribution in [0.5, 0.6) is 0 Å². The third-order valence-electron chi connectivity index (χ3n) is 3.00. The second kappa shape index (κ2) is 7.68. The fourth-order valence-corrected chi connectivity index (χ4v) is 1.91. The highest BCUT2D eigenvalue weighted by molar-refractivity contribution is 5.96. The standard InChI is InChI=1S/C17H15N3O/c18-20-19-16-12-10-15(11-13-16)17(21)9-5-4-8-14-6-2-1-3-7-14/h1-4,6-8,10-13H,5,9H2. The number of carbonyl (C=O) groups is 1. The summed E-state index contributed by atoms with van der Waals surface area (Å²) in [6, 6.07) is 16.6. The maximum absolute atomic E-state index is 12.0. The van der Waals surface area contributed by atoms with E-state index in [4.69, 9.17) is 5.53 Å². The van der Waals surface area contributed by atoms with E-state index in [1.807, 2.05) is 42.5 Å². The summed E-state index contributed by atoms with van der Waals surface area (Å²) in [5.41, 5.74) is 10.6. The third-order valence-corrected chi connectivity index (χ3v) is 3.00. The van der Waals surface area contributed by atoms with Crippen LogP contribution in [0.15, 0.2) is 65.8 Å². The molecule has 0 bridgehead atoms. The summed E-state index contributed by atoms with van der Waals surface area (Å²) in [5.74, 6) is 0.0835. The number of ketones is 1. The number of azide groups is 1. The van der Waals surface area contributed by atoms with Gasteiger partial charge in [0, 0.05) is 22.6 Å². The number of hydrogen-bond donors (Lipinski definition) is 0. The summed E-state index contributed by atoms with van der Waals surface area (Å²) >= 11 is 0. The zero-order chi connectivity index (χ0) is 14.9. The third kappa shape index (κ3) is 4.64. The molecule has 0 aromatic heterocycles. The number of carbonyl (C=O) groups excluding carboxylic acids is 1. The average Bonchev–Trinajstić information content (AvgIpc) is 2.53. The van der Waals surface area contributed by atoms with Crippen LogP contribution >= 0.6 is 0 Å². The van der Waals surface area contributed by atoms with Gasteiger partial charge in [0.05, 0.1) is 0 Å². The van der Waals surface area contributed by atoms with Crippen molar-refractivity contribution in [3.63, 3.8) is 0 Å². The Morgan fingerprint density at radius 3 is 2.48 bits per heavy atom. The molecule has 4 heteroatoms. The lowest BCUT2D eigenvalue weighted by molar-refractivity contribution is 0.0984. The zero-order valence-corrected chi connectivity index (χ0v) is 11.5. The predicted octanol–water partition coefficient (Wildman–Crippen LogP) is 5.30. The van der Waals surface area contributed by atoms with Crippen LogP contribution in [0.25, 0.3) is 16.5 Å². The molecular weight excluding hydrogens is 262 g/mol. The molecule has 0 fully saturated rings. The molecule has 0 heterocycles. The summed E-state index contributed by atoms with van der Waals surface area (Å²) in [6.07, 6.45) is 5.18. The van der Waals surface area contributed by atoms with Gasteiger partial charge in [-0.05, 0) is 17.5 Å². The number of benzene rings is 2. The first-order valence-electron chi connectivity index (χ1n) is 6.69. The van der Waals surface area contributed by atoms with Crippen LogP contribution in [0.3, 0.4) is 0 Å². The van der Waals surface area contributed by atoms with Gasteiger partial charge in [-0.1, -0.05) is 71.9 Å². The number of allylic oxidation sites excluding steroid dienone is 1. The maximum atomic E-state index is 12.0. The van der Waals surface area contributed by atoms with Crippen LogP contribution in [-0.4, -0.2) is 5.78 Å². The predicted molar refractivity (Wildman–Crippen MR) is 84.3 cm³/mol. The average molecular weight is 277 g/mol. The van der Waals surface area contributed by atoms with Gasteiger partial charge in [0.15, 0.2) is 5.78 Å². The van der Waals surface area contributed by atoms with E-state index in [9.17, 15) is 4.79 Å². The number of nitrogens with zero attached hydrogens (tertiary/aromatic N) is 3. The lowest BCUT2D eigenvalue weighted by Crippen LogP contribution is -1.97. The Balaban J connectivity index is 1.87. The Morgan fingerprint density at radius 2 is 1.81 bits per heavy atom. The van der Waals surface area contributed by atoms with E-state index >= 15 is 0 Å². The van der Waals surface area contributed by atoms with Crippen molar-refractivity contribution in [3.8, 4) is 0 Å². The number of hydrogen-bond acceptors (Lipinski definition) is 2. The molecular formula is C17H15N3O. The highest BCUT2D eigenvalue weighted by atomic mass is 16.1. The van der Waals surface area contributed by atoms with Gasteiger partial charge in [-0.15, -0.1) is 0 Å². The fourth-order valence-electron chi connectivity index (χ4n) is 1.91. The van der Waals surface area contributed by atoms with Crippen molar-refractivity contribution in [1.82, 2.24) is 0 Å². The van der Waals surface area contributed by atoms with Gasteiger partial charge in [0.25, 0.3) is 0 Å². The summed E-state index contributed by atoms with van der Waals surface area (Å²) in [5, 5.41) is 3.47. The molecule has 0 saturated carbocycles. The Kier molecular flexibility index (Phi) is 5.33. The molecule has 0 spiro atoms. The van der Waals surface area contributed by atoms with E-state index < -0.39 is 0 Å². The van der Waals surface area contributed by atoms with E-state index in [1.165, 1.54) is 0 Å². The minimum atomic E-state index is 0.0835. The highest BCUT2D eigenvalue weighted by Gasteiger charge is 2.03. The first-order valence-corrected chi connectivity index (χ1v) is 6.69. The number of rotatable bonds is 6. The largest absolute Gasteiger partial charge is 0.294 e. The molecule has 0 unspecified atom stereocenters. The Labute approximate surface area is 123 Å². The van der Waals surface area contributed by atoms with Crippen molar-refractivity contribution >= 4 is 17.5 Å². The van der Waals surface area contributed by atoms with Crippen molar-refractivity contribution in [1.29, 1.82) is 0 Å². The van der Waals surface area contributed by atoms with E-state index in [1.54, 1.807) is 24.3 Å². The molecule has 2 aromatic rings. The number of Topliss-reactive ketones (excluding diaryl/α,β-unsaturated/α-hetero) is 1. The van der Waals surface area contributed by atoms with Gasteiger partial charge < -0.3 is 0 Å². The van der Waals surface area contributed by atoms with Gasteiger partial charge >= 0.3 is 0 Å². The minimum Gasteiger partial charge on any atom is -0.294 e. The van der Waals surface area contributed by atoms with Crippen LogP contribution in [0.1, 0.15) is 28.8 Å². The van der Waals surface area contributed by atoms with Gasteiger partial charge in [0.2, 0.25) is 0 Å². The van der Waals surface area contributed by atoms with E-state index in [0.29, 0.717) is 24.1 Å². The van der Waals surface area contributed by atoms with Crippen molar-refractivity contribution < 1.29 is 4.79 Å². The molecule has 4 nitrogen and oxygen atoms in total. The summed E-state index contributed by atoms with van der Waals surface area (Å²) < 4.78 is 0. The monoisotopic (exact) mass is 277 g/mol. The molecule has 0 N–H and O–H groups in total. The quantitative estimate of drug-likeness (QED) is 0.305. The normalized spacial score (nSPS) is 10.3. The smallest absolute Gasteiger partial charge is 0.163 e. The van der Waals surface area contributed by atoms with Crippen molar-refractivity contribution in [2.75, 3.05) is 0 Å². The van der Waals surface area contributed by atoms with Gasteiger partial charge in [-0.3, -0.25) is 4.79 Å². The molecule has 0 aliphatic heterocycles. The lowest BCUT2D eigenvalue weighted by atomic mass is 10.1. The van der Waals surface area contributed by atoms with Gasteiger partial charge in [0.1, 0.15) is 0 Å². The molecule has 0 amide bonds. The van der Waals surface area contributed by atoms with Crippen LogP contribution in [0.4, 0.5) is 5.69 Å². The second-order valence-electron chi connectivity index (χ2n) is 4.51. The molecule has 0 aliphatic rings. The molecule has 0 radical (unpaired) electrons. The van der Waals surface area contributed by atoms with Gasteiger partial charge in [-0.2, -0.15) is 0 Å². The van der Waals surface area contributed by atoms with Crippen molar-refractivity contribution in [2.24, 2.45) is 5.11 Å². The SMILES string of the molecule is [N-]=[N+]=Nc1ccc(C(=O)CCC=Cc2ccccc2)cc1. The Bertz CT molecular complexity index is 669. The Morgan fingerprint density at radius 1 is 1.10 bits per heavy atom. The molecule has 0 atom stereocenters. The van der Waals surface area contributed by atoms with Crippen LogP contribution in [0.2, 0.25) is 0 Å². The molecule has 0 saturated heterocycles. The van der Waals surface area contributed by atoms with Crippen molar-refractivity contribution in [3.05, 3.63) is 82.2 Å². The lowest BCUT2D eigenvalue weighted by Gasteiger charge is -1.99. The topological polar surface area (TPSA) is 65.8 Å². The first-order chi connectivity index (χ1) is 10.3. The Hall–Kier alpha value is -2.84. The van der Waals surface area contributed by atoms with Crippen LogP contribution in [0, 0.1) is 0 Å². The van der Waals surface area contributed by atoms with E-state index in [2.05, 4.69) is 10.0 Å². The minimum absolute atomic E-state index is 0.0835. The molecule has 21 heavy (non-hydrogen) atoms. The van der Waals surface area contributed by atoms with E-state index in [0.717, 1.165) is 5.56 Å². The maximum Gasteiger partial charge on any atom is 0.163 e. The molecule has 0 aliphatic carbocycles. The van der Waals surface area contributed by atoms with Crippen LogP contribution in [-0.2, 0) is 0 Å². The fraction of sp³-hybridized carbons (Fsp3) is 0.118. The first kappa shape index (κ1) is 14.6.